The molecule has 1 N–H and O–H groups in total. The zero-order valence-corrected chi connectivity index (χ0v) is 10.5. The Bertz CT molecular complexity index is 344. The highest BCUT2D eigenvalue weighted by molar-refractivity contribution is 5.33. The number of aliphatic hydroxyl groups is 1. The molecule has 0 unspecified atom stereocenters. The molecule has 1 aromatic rings. The first-order valence-electron chi connectivity index (χ1n) is 5.86. The Morgan fingerprint density at radius 3 is 2.72 bits per heavy atom. The molecule has 0 radical (unpaired) electrons. The third-order valence-corrected chi connectivity index (χ3v) is 2.32. The number of halogens is 1. The van der Waals surface area contributed by atoms with Crippen molar-refractivity contribution in [2.24, 2.45) is 0 Å². The van der Waals surface area contributed by atoms with E-state index in [0.29, 0.717) is 37.7 Å². The van der Waals surface area contributed by atoms with Crippen molar-refractivity contribution < 1.29 is 23.7 Å². The summed E-state index contributed by atoms with van der Waals surface area (Å²) in [6, 6.07) is 4.10. The van der Waals surface area contributed by atoms with Gasteiger partial charge in [-0.2, -0.15) is 0 Å². The third kappa shape index (κ3) is 5.44. The van der Waals surface area contributed by atoms with Crippen LogP contribution in [0.2, 0.25) is 0 Å². The summed E-state index contributed by atoms with van der Waals surface area (Å²) in [6.07, 6.45) is 0.728. The van der Waals surface area contributed by atoms with E-state index in [9.17, 15) is 4.39 Å². The summed E-state index contributed by atoms with van der Waals surface area (Å²) >= 11 is 0. The van der Waals surface area contributed by atoms with E-state index in [1.807, 2.05) is 0 Å². The molecular weight excluding hydrogens is 239 g/mol. The molecule has 5 heteroatoms. The van der Waals surface area contributed by atoms with Crippen LogP contribution in [-0.4, -0.2) is 38.6 Å². The minimum Gasteiger partial charge on any atom is -0.493 e. The number of methoxy groups -OCH3 is 1. The Labute approximate surface area is 106 Å². The maximum atomic E-state index is 12.9. The van der Waals surface area contributed by atoms with Gasteiger partial charge in [-0.3, -0.25) is 0 Å². The summed E-state index contributed by atoms with van der Waals surface area (Å²) in [7, 11) is 1.62. The normalized spacial score (nSPS) is 10.6. The molecule has 0 fully saturated rings. The van der Waals surface area contributed by atoms with Gasteiger partial charge in [-0.25, -0.2) is 4.39 Å². The average molecular weight is 258 g/mol. The molecule has 0 aliphatic heterocycles. The van der Waals surface area contributed by atoms with Crippen molar-refractivity contribution in [1.82, 2.24) is 0 Å². The Balaban J connectivity index is 2.22. The van der Waals surface area contributed by atoms with Crippen molar-refractivity contribution in [1.29, 1.82) is 0 Å². The minimum absolute atomic E-state index is 0.239. The van der Waals surface area contributed by atoms with Crippen molar-refractivity contribution in [2.45, 2.75) is 13.0 Å². The number of rotatable bonds is 9. The van der Waals surface area contributed by atoms with Gasteiger partial charge in [0.15, 0.2) is 0 Å². The molecule has 0 aliphatic rings. The summed E-state index contributed by atoms with van der Waals surface area (Å²) < 4.78 is 28.5. The second kappa shape index (κ2) is 8.85. The van der Waals surface area contributed by atoms with Crippen LogP contribution >= 0.6 is 0 Å². The van der Waals surface area contributed by atoms with Crippen LogP contribution in [0.15, 0.2) is 18.2 Å². The molecular formula is C13H19FO4. The molecule has 0 heterocycles. The van der Waals surface area contributed by atoms with Crippen molar-refractivity contribution >= 4 is 0 Å². The molecule has 0 saturated carbocycles. The second-order valence-electron chi connectivity index (χ2n) is 3.72. The van der Waals surface area contributed by atoms with Gasteiger partial charge in [0, 0.05) is 25.7 Å². The fourth-order valence-corrected chi connectivity index (χ4v) is 1.40. The van der Waals surface area contributed by atoms with Crippen molar-refractivity contribution in [3.63, 3.8) is 0 Å². The first-order valence-corrected chi connectivity index (χ1v) is 5.86. The maximum absolute atomic E-state index is 12.9. The van der Waals surface area contributed by atoms with Crippen LogP contribution in [0.3, 0.4) is 0 Å². The molecule has 18 heavy (non-hydrogen) atoms. The van der Waals surface area contributed by atoms with Crippen LogP contribution < -0.4 is 4.74 Å². The highest BCUT2D eigenvalue weighted by Crippen LogP contribution is 2.19. The number of hydrogen-bond donors (Lipinski definition) is 1. The number of hydrogen-bond acceptors (Lipinski definition) is 4. The fraction of sp³-hybridized carbons (Fsp3) is 0.538. The van der Waals surface area contributed by atoms with E-state index in [4.69, 9.17) is 19.3 Å². The molecule has 102 valence electrons. The Kier molecular flexibility index (Phi) is 7.32. The molecule has 0 spiro atoms. The quantitative estimate of drug-likeness (QED) is 0.685. The SMILES string of the molecule is COCCOCCCOc1ccc(F)cc1CO. The fourth-order valence-electron chi connectivity index (χ4n) is 1.40. The molecule has 4 nitrogen and oxygen atoms in total. The summed E-state index contributed by atoms with van der Waals surface area (Å²) in [5.41, 5.74) is 0.454. The lowest BCUT2D eigenvalue weighted by Gasteiger charge is -2.10. The summed E-state index contributed by atoms with van der Waals surface area (Å²) in [5.74, 6) is 0.130. The van der Waals surface area contributed by atoms with Gasteiger partial charge in [0.2, 0.25) is 0 Å². The van der Waals surface area contributed by atoms with Crippen molar-refractivity contribution in [3.8, 4) is 5.75 Å². The van der Waals surface area contributed by atoms with Gasteiger partial charge in [-0.15, -0.1) is 0 Å². The molecule has 0 saturated heterocycles. The maximum Gasteiger partial charge on any atom is 0.125 e. The third-order valence-electron chi connectivity index (χ3n) is 2.32. The van der Waals surface area contributed by atoms with E-state index in [0.717, 1.165) is 6.42 Å². The zero-order valence-electron chi connectivity index (χ0n) is 10.5. The van der Waals surface area contributed by atoms with Crippen LogP contribution in [0, 0.1) is 5.82 Å². The van der Waals surface area contributed by atoms with E-state index in [1.54, 1.807) is 7.11 Å². The number of ether oxygens (including phenoxy) is 3. The Morgan fingerprint density at radius 1 is 1.17 bits per heavy atom. The van der Waals surface area contributed by atoms with E-state index >= 15 is 0 Å². The molecule has 1 aromatic carbocycles. The predicted molar refractivity (Wildman–Crippen MR) is 65.1 cm³/mol. The summed E-state index contributed by atoms with van der Waals surface area (Å²) in [6.45, 7) is 1.95. The molecule has 0 amide bonds. The molecule has 0 bridgehead atoms. The largest absolute Gasteiger partial charge is 0.493 e. The van der Waals surface area contributed by atoms with Crippen molar-refractivity contribution in [3.05, 3.63) is 29.6 Å². The molecule has 0 atom stereocenters. The first kappa shape index (κ1) is 14.9. The van der Waals surface area contributed by atoms with Gasteiger partial charge < -0.3 is 19.3 Å². The monoisotopic (exact) mass is 258 g/mol. The minimum atomic E-state index is -0.380. The van der Waals surface area contributed by atoms with Crippen LogP contribution in [0.1, 0.15) is 12.0 Å². The van der Waals surface area contributed by atoms with Gasteiger partial charge in [0.05, 0.1) is 26.4 Å². The van der Waals surface area contributed by atoms with Gasteiger partial charge >= 0.3 is 0 Å². The molecule has 1 rings (SSSR count). The van der Waals surface area contributed by atoms with Crippen LogP contribution in [-0.2, 0) is 16.1 Å². The smallest absolute Gasteiger partial charge is 0.125 e. The zero-order chi connectivity index (χ0) is 13.2. The van der Waals surface area contributed by atoms with E-state index in [1.165, 1.54) is 18.2 Å². The molecule has 0 aromatic heterocycles. The van der Waals surface area contributed by atoms with Crippen molar-refractivity contribution in [2.75, 3.05) is 33.5 Å². The topological polar surface area (TPSA) is 47.9 Å². The highest BCUT2D eigenvalue weighted by atomic mass is 19.1. The van der Waals surface area contributed by atoms with Crippen LogP contribution in [0.4, 0.5) is 4.39 Å². The van der Waals surface area contributed by atoms with Gasteiger partial charge in [0.1, 0.15) is 11.6 Å². The first-order chi connectivity index (χ1) is 8.77. The van der Waals surface area contributed by atoms with Gasteiger partial charge in [0.25, 0.3) is 0 Å². The summed E-state index contributed by atoms with van der Waals surface area (Å²) in [5, 5.41) is 9.06. The lowest BCUT2D eigenvalue weighted by molar-refractivity contribution is 0.0643. The lowest BCUT2D eigenvalue weighted by atomic mass is 10.2. The number of aliphatic hydroxyl groups excluding tert-OH is 1. The predicted octanol–water partition coefficient (Wildman–Crippen LogP) is 1.75. The highest BCUT2D eigenvalue weighted by Gasteiger charge is 2.04. The Hall–Kier alpha value is -1.17. The van der Waals surface area contributed by atoms with E-state index in [-0.39, 0.29) is 12.4 Å². The van der Waals surface area contributed by atoms with E-state index in [2.05, 4.69) is 0 Å². The van der Waals surface area contributed by atoms with Crippen LogP contribution in [0.25, 0.3) is 0 Å². The van der Waals surface area contributed by atoms with Gasteiger partial charge in [-0.1, -0.05) is 0 Å². The van der Waals surface area contributed by atoms with Crippen LogP contribution in [0.5, 0.6) is 5.75 Å². The van der Waals surface area contributed by atoms with Gasteiger partial charge in [-0.05, 0) is 18.2 Å². The standard InChI is InChI=1S/C13H19FO4/c1-16-7-8-17-5-2-6-18-13-4-3-12(14)9-11(13)10-15/h3-4,9,15H,2,5-8,10H2,1H3. The summed E-state index contributed by atoms with van der Waals surface area (Å²) in [4.78, 5) is 0. The Morgan fingerprint density at radius 2 is 2.00 bits per heavy atom. The average Bonchev–Trinajstić information content (AvgIpc) is 2.39. The van der Waals surface area contributed by atoms with E-state index < -0.39 is 0 Å². The lowest BCUT2D eigenvalue weighted by Crippen LogP contribution is -2.07. The number of benzene rings is 1. The second-order valence-corrected chi connectivity index (χ2v) is 3.72. The molecule has 0 aliphatic carbocycles.